The average molecular weight is 537 g/mol. The summed E-state index contributed by atoms with van der Waals surface area (Å²) in [5.74, 6) is 0.176. The Balaban J connectivity index is 1.36. The minimum absolute atomic E-state index is 0.134. The van der Waals surface area contributed by atoms with Gasteiger partial charge in [-0.15, -0.1) is 0 Å². The highest BCUT2D eigenvalue weighted by molar-refractivity contribution is 6.48. The number of carbonyl (C=O) groups excluding carboxylic acids is 1. The van der Waals surface area contributed by atoms with E-state index in [0.717, 1.165) is 12.0 Å². The molecule has 1 fully saturated rings. The van der Waals surface area contributed by atoms with Crippen molar-refractivity contribution < 1.29 is 18.8 Å². The minimum atomic E-state index is -0.546. The second kappa shape index (κ2) is 13.0. The van der Waals surface area contributed by atoms with Crippen LogP contribution in [0.25, 0.3) is 11.6 Å². The number of amides is 1. The monoisotopic (exact) mass is 537 g/mol. The lowest BCUT2D eigenvalue weighted by Crippen LogP contribution is -2.48. The van der Waals surface area contributed by atoms with Crippen molar-refractivity contribution in [2.75, 3.05) is 6.61 Å². The number of pyridine rings is 1. The Morgan fingerprint density at radius 3 is 2.45 bits per heavy atom. The number of nitrogens with one attached hydrogen (secondary N) is 1. The van der Waals surface area contributed by atoms with E-state index in [1.165, 1.54) is 5.56 Å². The first kappa shape index (κ1) is 29.1. The zero-order chi connectivity index (χ0) is 28.6. The fraction of sp³-hybridized carbons (Fsp3) is 0.344. The highest BCUT2D eigenvalue weighted by Crippen LogP contribution is 2.38. The fourth-order valence-corrected chi connectivity index (χ4v) is 4.38. The number of nitrogens with zero attached hydrogens (tertiary/aromatic N) is 2. The van der Waals surface area contributed by atoms with E-state index in [1.807, 2.05) is 82.3 Å². The van der Waals surface area contributed by atoms with Gasteiger partial charge in [0, 0.05) is 6.20 Å². The molecule has 2 heterocycles. The normalized spacial score (nSPS) is 16.7. The number of carbonyl (C=O) groups is 1. The molecule has 0 radical (unpaired) electrons. The third-order valence-electron chi connectivity index (χ3n) is 7.36. The highest BCUT2D eigenvalue weighted by Gasteiger charge is 2.53. The van der Waals surface area contributed by atoms with Crippen molar-refractivity contribution in [3.63, 3.8) is 0 Å². The van der Waals surface area contributed by atoms with Gasteiger partial charge in [0.15, 0.2) is 0 Å². The van der Waals surface area contributed by atoms with Gasteiger partial charge in [-0.1, -0.05) is 48.5 Å². The maximum atomic E-state index is 13.0. The molecule has 0 spiro atoms. The largest absolute Gasteiger partial charge is 0.493 e. The molecule has 3 aromatic rings. The Morgan fingerprint density at radius 1 is 1.05 bits per heavy atom. The quantitative estimate of drug-likeness (QED) is 0.251. The van der Waals surface area contributed by atoms with Gasteiger partial charge in [-0.2, -0.15) is 5.26 Å². The summed E-state index contributed by atoms with van der Waals surface area (Å²) in [7, 11) is -0.546. The van der Waals surface area contributed by atoms with Crippen LogP contribution in [-0.4, -0.2) is 41.8 Å². The Kier molecular flexibility index (Phi) is 9.41. The summed E-state index contributed by atoms with van der Waals surface area (Å²) >= 11 is 0. The van der Waals surface area contributed by atoms with Crippen LogP contribution in [0.15, 0.2) is 79.0 Å². The van der Waals surface area contributed by atoms with E-state index in [1.54, 1.807) is 18.3 Å². The molecule has 1 N–H and O–H groups in total. The minimum Gasteiger partial charge on any atom is -0.493 e. The van der Waals surface area contributed by atoms with Crippen LogP contribution in [0.3, 0.4) is 0 Å². The van der Waals surface area contributed by atoms with Gasteiger partial charge in [0.25, 0.3) is 0 Å². The van der Waals surface area contributed by atoms with Crippen molar-refractivity contribution in [2.45, 2.75) is 64.1 Å². The second-order valence-corrected chi connectivity index (χ2v) is 10.9. The molecule has 1 aliphatic rings. The van der Waals surface area contributed by atoms with Crippen molar-refractivity contribution in [1.82, 2.24) is 10.3 Å². The smallest absolute Gasteiger partial charge is 0.481 e. The number of ether oxygens (including phenoxy) is 1. The molecule has 1 aliphatic heterocycles. The molecule has 1 atom stereocenters. The molecular formula is C32H36BN3O4. The molecule has 40 heavy (non-hydrogen) atoms. The fourth-order valence-electron chi connectivity index (χ4n) is 4.38. The number of aryl methyl sites for hydroxylation is 1. The molecule has 7 nitrogen and oxygen atoms in total. The Labute approximate surface area is 237 Å². The topological polar surface area (TPSA) is 93.5 Å². The lowest BCUT2D eigenvalue weighted by molar-refractivity contribution is -0.122. The summed E-state index contributed by atoms with van der Waals surface area (Å²) in [6.45, 7) is 8.25. The number of rotatable bonds is 11. The van der Waals surface area contributed by atoms with E-state index in [0.29, 0.717) is 23.4 Å². The van der Waals surface area contributed by atoms with Crippen LogP contribution in [0.2, 0.25) is 0 Å². The standard InChI is InChI=1S/C32H36BN3O4/c1-31(2)32(3,4)40-33(39-31)29(17-16-24-11-6-5-7-12-24)36-30(37)18-20-38-27-14-10-13-25(22-27)21-26(23-34)28-15-8-9-19-35-28/h5-15,19,21-22,29H,16-18,20H2,1-4H3,(H,36,37)/t29-/m0/s1. The van der Waals surface area contributed by atoms with Gasteiger partial charge in [0.1, 0.15) is 11.8 Å². The Bertz CT molecular complexity index is 1340. The molecule has 2 aromatic carbocycles. The molecule has 0 saturated carbocycles. The van der Waals surface area contributed by atoms with Gasteiger partial charge in [0.2, 0.25) is 5.91 Å². The van der Waals surface area contributed by atoms with E-state index in [4.69, 9.17) is 14.0 Å². The first-order valence-corrected chi connectivity index (χ1v) is 13.6. The number of hydrogen-bond acceptors (Lipinski definition) is 6. The summed E-state index contributed by atoms with van der Waals surface area (Å²) in [6, 6.07) is 25.2. The van der Waals surface area contributed by atoms with Crippen molar-refractivity contribution in [3.8, 4) is 11.8 Å². The predicted octanol–water partition coefficient (Wildman–Crippen LogP) is 5.66. The van der Waals surface area contributed by atoms with Crippen LogP contribution in [0.4, 0.5) is 0 Å². The maximum absolute atomic E-state index is 13.0. The molecule has 1 aromatic heterocycles. The van der Waals surface area contributed by atoms with E-state index >= 15 is 0 Å². The summed E-state index contributed by atoms with van der Waals surface area (Å²) in [4.78, 5) is 17.2. The van der Waals surface area contributed by atoms with E-state index < -0.39 is 18.3 Å². The molecule has 1 saturated heterocycles. The van der Waals surface area contributed by atoms with Crippen molar-refractivity contribution >= 4 is 24.7 Å². The molecular weight excluding hydrogens is 501 g/mol. The lowest BCUT2D eigenvalue weighted by atomic mass is 9.75. The number of allylic oxidation sites excluding steroid dienone is 1. The summed E-state index contributed by atoms with van der Waals surface area (Å²) in [5, 5.41) is 12.7. The van der Waals surface area contributed by atoms with E-state index in [9.17, 15) is 10.1 Å². The lowest BCUT2D eigenvalue weighted by Gasteiger charge is -2.32. The van der Waals surface area contributed by atoms with Crippen molar-refractivity contribution in [1.29, 1.82) is 5.26 Å². The first-order valence-electron chi connectivity index (χ1n) is 13.6. The van der Waals surface area contributed by atoms with E-state index in [-0.39, 0.29) is 24.9 Å². The highest BCUT2D eigenvalue weighted by atomic mass is 16.7. The van der Waals surface area contributed by atoms with Crippen LogP contribution in [0, 0.1) is 11.3 Å². The molecule has 0 unspecified atom stereocenters. The maximum Gasteiger partial charge on any atom is 0.481 e. The molecule has 4 rings (SSSR count). The third-order valence-corrected chi connectivity index (χ3v) is 7.36. The van der Waals surface area contributed by atoms with Crippen LogP contribution < -0.4 is 10.1 Å². The van der Waals surface area contributed by atoms with Crippen LogP contribution in [0.1, 0.15) is 57.4 Å². The van der Waals surface area contributed by atoms with Crippen LogP contribution in [0.5, 0.6) is 5.75 Å². The third kappa shape index (κ3) is 7.59. The average Bonchev–Trinajstić information content (AvgIpc) is 3.17. The molecule has 0 bridgehead atoms. The summed E-state index contributed by atoms with van der Waals surface area (Å²) in [6.07, 6.45) is 5.07. The van der Waals surface area contributed by atoms with Gasteiger partial charge >= 0.3 is 7.12 Å². The van der Waals surface area contributed by atoms with Crippen LogP contribution >= 0.6 is 0 Å². The number of hydrogen-bond donors (Lipinski definition) is 1. The van der Waals surface area contributed by atoms with Crippen molar-refractivity contribution in [2.24, 2.45) is 0 Å². The molecule has 8 heteroatoms. The summed E-state index contributed by atoms with van der Waals surface area (Å²) < 4.78 is 18.4. The van der Waals surface area contributed by atoms with Gasteiger partial charge in [-0.05, 0) is 82.0 Å². The van der Waals surface area contributed by atoms with E-state index in [2.05, 4.69) is 28.5 Å². The number of benzene rings is 2. The molecule has 0 aliphatic carbocycles. The first-order chi connectivity index (χ1) is 19.2. The number of nitriles is 1. The zero-order valence-corrected chi connectivity index (χ0v) is 23.6. The van der Waals surface area contributed by atoms with Gasteiger partial charge in [-0.3, -0.25) is 9.78 Å². The SMILES string of the molecule is CC1(C)OB([C@H](CCc2ccccc2)NC(=O)CCOc2cccc(C=C(C#N)c3ccccn3)c2)OC1(C)C. The van der Waals surface area contributed by atoms with Gasteiger partial charge in [-0.25, -0.2) is 0 Å². The Hall–Kier alpha value is -3.93. The predicted molar refractivity (Wildman–Crippen MR) is 157 cm³/mol. The number of aromatic nitrogens is 1. The molecule has 1 amide bonds. The van der Waals surface area contributed by atoms with Gasteiger partial charge in [0.05, 0.1) is 41.4 Å². The van der Waals surface area contributed by atoms with Gasteiger partial charge < -0.3 is 19.4 Å². The van der Waals surface area contributed by atoms with Crippen molar-refractivity contribution in [3.05, 3.63) is 95.8 Å². The molecule has 206 valence electrons. The second-order valence-electron chi connectivity index (χ2n) is 10.9. The summed E-state index contributed by atoms with van der Waals surface area (Å²) in [5.41, 5.74) is 2.10. The van der Waals surface area contributed by atoms with Crippen LogP contribution in [-0.2, 0) is 20.5 Å². The Morgan fingerprint density at radius 2 is 1.77 bits per heavy atom. The zero-order valence-electron chi connectivity index (χ0n) is 23.6.